The van der Waals surface area contributed by atoms with Crippen LogP contribution in [0.15, 0.2) is 35.5 Å². The molecule has 0 aliphatic carbocycles. The molecule has 1 unspecified atom stereocenters. The molecule has 1 aromatic heterocycles. The van der Waals surface area contributed by atoms with Crippen molar-refractivity contribution in [1.29, 1.82) is 0 Å². The number of thiazole rings is 1. The van der Waals surface area contributed by atoms with E-state index in [0.717, 1.165) is 17.0 Å². The Morgan fingerprint density at radius 1 is 1.36 bits per heavy atom. The summed E-state index contributed by atoms with van der Waals surface area (Å²) >= 11 is 1.27. The Hall–Kier alpha value is -2.13. The molecular formula is C16H18F3N3O2S. The van der Waals surface area contributed by atoms with Crippen LogP contribution in [0, 0.1) is 6.92 Å². The first-order valence-electron chi connectivity index (χ1n) is 7.41. The van der Waals surface area contributed by atoms with Gasteiger partial charge >= 0.3 is 12.2 Å². The van der Waals surface area contributed by atoms with E-state index in [1.165, 1.54) is 30.6 Å². The lowest BCUT2D eigenvalue weighted by atomic mass is 10.2. The van der Waals surface area contributed by atoms with Crippen molar-refractivity contribution >= 4 is 17.4 Å². The quantitative estimate of drug-likeness (QED) is 0.892. The number of hydrogen-bond donors (Lipinski definition) is 1. The number of urea groups is 1. The number of rotatable bonds is 4. The standard InChI is InChI=1S/C16H18F3N3O2S/c1-10(9-24-3)20-14(23)21-15-22(8-11(2)25-15)13-6-4-12(5-7-13)16(17,18)19/h4-8,10H,9H2,1-3H3,(H,20,23)/b21-15-. The Bertz CT molecular complexity index is 794. The van der Waals surface area contributed by atoms with Gasteiger partial charge in [0.15, 0.2) is 4.80 Å². The van der Waals surface area contributed by atoms with Crippen molar-refractivity contribution in [3.63, 3.8) is 0 Å². The van der Waals surface area contributed by atoms with Gasteiger partial charge in [0.1, 0.15) is 0 Å². The Morgan fingerprint density at radius 3 is 2.56 bits per heavy atom. The van der Waals surface area contributed by atoms with Gasteiger partial charge in [-0.05, 0) is 38.1 Å². The molecule has 0 saturated carbocycles. The maximum absolute atomic E-state index is 12.7. The Morgan fingerprint density at radius 2 is 2.00 bits per heavy atom. The number of amides is 2. The molecule has 1 atom stereocenters. The van der Waals surface area contributed by atoms with Gasteiger partial charge in [0, 0.05) is 23.9 Å². The van der Waals surface area contributed by atoms with Crippen molar-refractivity contribution in [1.82, 2.24) is 9.88 Å². The highest BCUT2D eigenvalue weighted by atomic mass is 32.1. The zero-order valence-corrected chi connectivity index (χ0v) is 14.7. The second-order valence-electron chi connectivity index (χ2n) is 5.46. The van der Waals surface area contributed by atoms with E-state index in [9.17, 15) is 18.0 Å². The molecule has 0 saturated heterocycles. The van der Waals surface area contributed by atoms with Crippen molar-refractivity contribution in [2.75, 3.05) is 13.7 Å². The molecule has 2 amide bonds. The van der Waals surface area contributed by atoms with Gasteiger partial charge in [0.25, 0.3) is 0 Å². The van der Waals surface area contributed by atoms with Gasteiger partial charge in [-0.25, -0.2) is 4.79 Å². The van der Waals surface area contributed by atoms with Crippen LogP contribution in [0.5, 0.6) is 0 Å². The van der Waals surface area contributed by atoms with Crippen molar-refractivity contribution < 1.29 is 22.7 Å². The molecular weight excluding hydrogens is 355 g/mol. The largest absolute Gasteiger partial charge is 0.416 e. The SMILES string of the molecule is COCC(C)NC(=O)/N=c1\sc(C)cn1-c1ccc(C(F)(F)F)cc1. The van der Waals surface area contributed by atoms with Crippen LogP contribution in [0.3, 0.4) is 0 Å². The molecule has 136 valence electrons. The van der Waals surface area contributed by atoms with Crippen LogP contribution in [-0.2, 0) is 10.9 Å². The third kappa shape index (κ3) is 5.17. The molecule has 9 heteroatoms. The third-order valence-corrected chi connectivity index (χ3v) is 4.12. The van der Waals surface area contributed by atoms with Gasteiger partial charge in [0.2, 0.25) is 0 Å². The fourth-order valence-electron chi connectivity index (χ4n) is 2.15. The van der Waals surface area contributed by atoms with E-state index in [1.54, 1.807) is 17.7 Å². The smallest absolute Gasteiger partial charge is 0.383 e. The van der Waals surface area contributed by atoms with Gasteiger partial charge in [-0.1, -0.05) is 0 Å². The van der Waals surface area contributed by atoms with Gasteiger partial charge in [-0.15, -0.1) is 11.3 Å². The summed E-state index contributed by atoms with van der Waals surface area (Å²) in [6.07, 6.45) is -2.67. The maximum atomic E-state index is 12.7. The highest BCUT2D eigenvalue weighted by molar-refractivity contribution is 7.09. The second-order valence-corrected chi connectivity index (χ2v) is 6.67. The molecule has 2 rings (SSSR count). The first kappa shape index (κ1) is 19.2. The summed E-state index contributed by atoms with van der Waals surface area (Å²) in [6.45, 7) is 3.96. The summed E-state index contributed by atoms with van der Waals surface area (Å²) in [6, 6.07) is 3.95. The van der Waals surface area contributed by atoms with Gasteiger partial charge < -0.3 is 10.1 Å². The van der Waals surface area contributed by atoms with Crippen molar-refractivity contribution in [2.45, 2.75) is 26.1 Å². The molecule has 0 fully saturated rings. The number of aryl methyl sites for hydroxylation is 1. The zero-order valence-electron chi connectivity index (χ0n) is 13.9. The normalized spacial score (nSPS) is 13.8. The molecule has 5 nitrogen and oxygen atoms in total. The number of hydrogen-bond acceptors (Lipinski definition) is 3. The van der Waals surface area contributed by atoms with Crippen molar-refractivity contribution in [3.05, 3.63) is 45.7 Å². The first-order chi connectivity index (χ1) is 11.7. The fraction of sp³-hybridized carbons (Fsp3) is 0.375. The van der Waals surface area contributed by atoms with E-state index >= 15 is 0 Å². The van der Waals surface area contributed by atoms with Crippen molar-refractivity contribution in [2.24, 2.45) is 4.99 Å². The van der Waals surface area contributed by atoms with Gasteiger partial charge in [-0.2, -0.15) is 18.2 Å². The minimum absolute atomic E-state index is 0.207. The molecule has 0 aliphatic rings. The Balaban J connectivity index is 2.31. The van der Waals surface area contributed by atoms with Gasteiger partial charge in [0.05, 0.1) is 18.2 Å². The molecule has 0 radical (unpaired) electrons. The highest BCUT2D eigenvalue weighted by Crippen LogP contribution is 2.29. The van der Waals surface area contributed by atoms with E-state index in [4.69, 9.17) is 4.74 Å². The van der Waals surface area contributed by atoms with Crippen LogP contribution >= 0.6 is 11.3 Å². The van der Waals surface area contributed by atoms with Crippen LogP contribution in [0.2, 0.25) is 0 Å². The number of alkyl halides is 3. The Kier molecular flexibility index (Phi) is 6.02. The zero-order chi connectivity index (χ0) is 18.6. The van der Waals surface area contributed by atoms with Crippen LogP contribution in [-0.4, -0.2) is 30.4 Å². The first-order valence-corrected chi connectivity index (χ1v) is 8.23. The number of benzene rings is 1. The average Bonchev–Trinajstić information content (AvgIpc) is 2.87. The van der Waals surface area contributed by atoms with Crippen molar-refractivity contribution in [3.8, 4) is 5.69 Å². The number of halogens is 3. The molecule has 2 aromatic rings. The summed E-state index contributed by atoms with van der Waals surface area (Å²) in [7, 11) is 1.53. The highest BCUT2D eigenvalue weighted by Gasteiger charge is 2.30. The second kappa shape index (κ2) is 7.83. The van der Waals surface area contributed by atoms with Gasteiger partial charge in [-0.3, -0.25) is 4.57 Å². The summed E-state index contributed by atoms with van der Waals surface area (Å²) in [5.41, 5.74) is -0.234. The molecule has 0 aliphatic heterocycles. The average molecular weight is 373 g/mol. The molecule has 0 bridgehead atoms. The van der Waals surface area contributed by atoms with E-state index in [-0.39, 0.29) is 6.04 Å². The molecule has 0 spiro atoms. The molecule has 1 N–H and O–H groups in total. The number of aromatic nitrogens is 1. The predicted molar refractivity (Wildman–Crippen MR) is 88.8 cm³/mol. The molecule has 1 heterocycles. The van der Waals surface area contributed by atoms with E-state index in [0.29, 0.717) is 17.1 Å². The van der Waals surface area contributed by atoms with E-state index in [2.05, 4.69) is 10.3 Å². The summed E-state index contributed by atoms with van der Waals surface area (Å²) < 4.78 is 44.5. The number of methoxy groups -OCH3 is 1. The number of nitrogens with one attached hydrogen (secondary N) is 1. The summed E-state index contributed by atoms with van der Waals surface area (Å²) in [5.74, 6) is 0. The lowest BCUT2D eigenvalue weighted by Crippen LogP contribution is -2.34. The van der Waals surface area contributed by atoms with E-state index < -0.39 is 17.8 Å². The maximum Gasteiger partial charge on any atom is 0.416 e. The topological polar surface area (TPSA) is 55.6 Å². The number of nitrogens with zero attached hydrogens (tertiary/aromatic N) is 2. The fourth-order valence-corrected chi connectivity index (χ4v) is 2.98. The third-order valence-electron chi connectivity index (χ3n) is 3.23. The molecule has 1 aromatic carbocycles. The molecule has 25 heavy (non-hydrogen) atoms. The Labute approximate surface area is 146 Å². The minimum atomic E-state index is -4.39. The lowest BCUT2D eigenvalue weighted by molar-refractivity contribution is -0.137. The predicted octanol–water partition coefficient (Wildman–Crippen LogP) is 3.51. The number of ether oxygens (including phenoxy) is 1. The van der Waals surface area contributed by atoms with E-state index in [1.807, 2.05) is 6.92 Å². The van der Waals surface area contributed by atoms with Crippen LogP contribution < -0.4 is 10.1 Å². The van der Waals surface area contributed by atoms with Crippen LogP contribution in [0.4, 0.5) is 18.0 Å². The lowest BCUT2D eigenvalue weighted by Gasteiger charge is -2.10. The monoisotopic (exact) mass is 373 g/mol. The minimum Gasteiger partial charge on any atom is -0.383 e. The summed E-state index contributed by atoms with van der Waals surface area (Å²) in [4.78, 5) is 17.2. The van der Waals surface area contributed by atoms with Crippen LogP contribution in [0.25, 0.3) is 5.69 Å². The number of carbonyl (C=O) groups excluding carboxylic acids is 1. The van der Waals surface area contributed by atoms with Crippen LogP contribution in [0.1, 0.15) is 17.4 Å². The number of carbonyl (C=O) groups is 1. The summed E-state index contributed by atoms with van der Waals surface area (Å²) in [5, 5.41) is 2.66.